The number of hydrogen-bond acceptors (Lipinski definition) is 5. The Morgan fingerprint density at radius 2 is 2.05 bits per heavy atom. The molecule has 0 saturated carbocycles. The number of benzene rings is 1. The van der Waals surface area contributed by atoms with Crippen molar-refractivity contribution in [2.45, 2.75) is 45.0 Å². The first kappa shape index (κ1) is 18.5. The molecular weight excluding hydrogens is 308 g/mol. The van der Waals surface area contributed by atoms with Crippen molar-refractivity contribution in [3.63, 3.8) is 0 Å². The summed E-state index contributed by atoms with van der Waals surface area (Å²) in [5, 5.41) is 23.0. The number of nitrogen functional groups attached to an aromatic ring is 1. The van der Waals surface area contributed by atoms with Gasteiger partial charge < -0.3 is 26.0 Å². The molecule has 0 spiro atoms. The van der Waals surface area contributed by atoms with E-state index >= 15 is 0 Å². The summed E-state index contributed by atoms with van der Waals surface area (Å²) in [4.78, 5) is 11.5. The third kappa shape index (κ3) is 6.09. The fraction of sp³-hybridized carbons (Fsp3) is 0.533. The number of aliphatic hydroxyl groups excluding tert-OH is 2. The minimum Gasteiger partial charge on any atom is -0.444 e. The summed E-state index contributed by atoms with van der Waals surface area (Å²) >= 11 is 5.79. The maximum atomic E-state index is 11.5. The number of aliphatic hydroxyl groups is 2. The fourth-order valence-electron chi connectivity index (χ4n) is 1.82. The van der Waals surface area contributed by atoms with Crippen LogP contribution in [0.15, 0.2) is 18.2 Å². The first-order valence-corrected chi connectivity index (χ1v) is 7.36. The van der Waals surface area contributed by atoms with Crippen LogP contribution in [-0.4, -0.2) is 34.6 Å². The van der Waals surface area contributed by atoms with Crippen molar-refractivity contribution in [1.29, 1.82) is 0 Å². The third-order valence-corrected chi connectivity index (χ3v) is 3.08. The van der Waals surface area contributed by atoms with Gasteiger partial charge in [-0.05, 0) is 39.3 Å². The van der Waals surface area contributed by atoms with Crippen LogP contribution in [0.3, 0.4) is 0 Å². The lowest BCUT2D eigenvalue weighted by Crippen LogP contribution is -2.34. The van der Waals surface area contributed by atoms with Crippen molar-refractivity contribution in [2.24, 2.45) is 0 Å². The van der Waals surface area contributed by atoms with Crippen LogP contribution in [0.4, 0.5) is 10.5 Å². The first-order valence-electron chi connectivity index (χ1n) is 6.98. The van der Waals surface area contributed by atoms with E-state index in [0.717, 1.165) is 0 Å². The average molecular weight is 331 g/mol. The van der Waals surface area contributed by atoms with E-state index in [2.05, 4.69) is 5.32 Å². The van der Waals surface area contributed by atoms with Gasteiger partial charge in [0.15, 0.2) is 0 Å². The largest absolute Gasteiger partial charge is 0.444 e. The summed E-state index contributed by atoms with van der Waals surface area (Å²) in [5.41, 5.74) is 5.88. The van der Waals surface area contributed by atoms with E-state index in [1.54, 1.807) is 32.9 Å². The van der Waals surface area contributed by atoms with Gasteiger partial charge in [0.05, 0.1) is 6.10 Å². The third-order valence-electron chi connectivity index (χ3n) is 2.84. The molecule has 6 nitrogen and oxygen atoms in total. The molecule has 2 atom stereocenters. The van der Waals surface area contributed by atoms with E-state index in [0.29, 0.717) is 16.3 Å². The molecule has 0 aromatic heterocycles. The zero-order valence-electron chi connectivity index (χ0n) is 13.0. The number of ether oxygens (including phenoxy) is 1. The Balaban J connectivity index is 2.48. The minimum atomic E-state index is -1.15. The normalized spacial score (nSPS) is 14.3. The molecule has 22 heavy (non-hydrogen) atoms. The number of anilines is 1. The number of carbonyl (C=O) groups is 1. The molecule has 1 aromatic carbocycles. The van der Waals surface area contributed by atoms with E-state index in [4.69, 9.17) is 22.1 Å². The van der Waals surface area contributed by atoms with E-state index in [9.17, 15) is 15.0 Å². The smallest absolute Gasteiger partial charge is 0.407 e. The summed E-state index contributed by atoms with van der Waals surface area (Å²) in [6.45, 7) is 5.44. The van der Waals surface area contributed by atoms with Crippen LogP contribution in [0, 0.1) is 0 Å². The highest BCUT2D eigenvalue weighted by atomic mass is 35.5. The zero-order chi connectivity index (χ0) is 16.9. The van der Waals surface area contributed by atoms with Gasteiger partial charge in [0, 0.05) is 22.8 Å². The molecule has 7 heteroatoms. The van der Waals surface area contributed by atoms with Gasteiger partial charge in [0.1, 0.15) is 11.7 Å². The van der Waals surface area contributed by atoms with Crippen LogP contribution in [-0.2, 0) is 4.74 Å². The second-order valence-corrected chi connectivity index (χ2v) is 6.44. The Hall–Kier alpha value is -1.50. The van der Waals surface area contributed by atoms with Crippen LogP contribution in [0.1, 0.15) is 38.9 Å². The summed E-state index contributed by atoms with van der Waals surface area (Å²) in [6, 6.07) is 4.65. The number of amides is 1. The van der Waals surface area contributed by atoms with Gasteiger partial charge in [-0.3, -0.25) is 0 Å². The van der Waals surface area contributed by atoms with Gasteiger partial charge in [-0.15, -0.1) is 0 Å². The van der Waals surface area contributed by atoms with Crippen molar-refractivity contribution in [3.05, 3.63) is 28.8 Å². The Bertz CT molecular complexity index is 517. The number of nitrogens with one attached hydrogen (secondary N) is 1. The van der Waals surface area contributed by atoms with E-state index < -0.39 is 23.9 Å². The quantitative estimate of drug-likeness (QED) is 0.620. The van der Waals surface area contributed by atoms with Crippen molar-refractivity contribution in [3.8, 4) is 0 Å². The monoisotopic (exact) mass is 330 g/mol. The summed E-state index contributed by atoms with van der Waals surface area (Å²) in [6.07, 6.45) is -2.64. The highest BCUT2D eigenvalue weighted by Crippen LogP contribution is 2.27. The van der Waals surface area contributed by atoms with E-state index in [1.165, 1.54) is 6.07 Å². The van der Waals surface area contributed by atoms with Crippen molar-refractivity contribution in [2.75, 3.05) is 12.3 Å². The predicted octanol–water partition coefficient (Wildman–Crippen LogP) is 2.23. The van der Waals surface area contributed by atoms with Gasteiger partial charge in [-0.2, -0.15) is 0 Å². The molecule has 1 aromatic rings. The number of nitrogens with two attached hydrogens (primary N) is 1. The molecule has 0 radical (unpaired) electrons. The Kier molecular flexibility index (Phi) is 6.47. The zero-order valence-corrected chi connectivity index (χ0v) is 13.7. The van der Waals surface area contributed by atoms with E-state index in [1.807, 2.05) is 0 Å². The molecule has 0 bridgehead atoms. The molecule has 124 valence electrons. The summed E-state index contributed by atoms with van der Waals surface area (Å²) in [7, 11) is 0. The number of halogens is 1. The van der Waals surface area contributed by atoms with Crippen molar-refractivity contribution < 1.29 is 19.7 Å². The Labute approximate surface area is 135 Å². The lowest BCUT2D eigenvalue weighted by atomic mass is 10.0. The van der Waals surface area contributed by atoms with Crippen LogP contribution in [0.2, 0.25) is 5.02 Å². The van der Waals surface area contributed by atoms with Gasteiger partial charge in [0.25, 0.3) is 0 Å². The van der Waals surface area contributed by atoms with Crippen LogP contribution < -0.4 is 11.1 Å². The van der Waals surface area contributed by atoms with Crippen LogP contribution in [0.5, 0.6) is 0 Å². The topological polar surface area (TPSA) is 105 Å². The van der Waals surface area contributed by atoms with Crippen molar-refractivity contribution >= 4 is 23.4 Å². The fourth-order valence-corrected chi connectivity index (χ4v) is 2.00. The molecule has 0 saturated heterocycles. The molecule has 0 heterocycles. The van der Waals surface area contributed by atoms with Crippen LogP contribution >= 0.6 is 11.6 Å². The molecule has 0 aliphatic rings. The first-order chi connectivity index (χ1) is 10.1. The number of rotatable bonds is 5. The standard InChI is InChI=1S/C15H23ClN2O4/c1-15(2,3)22-14(21)18-7-6-12(19)13(20)10-5-4-9(16)8-11(10)17/h4-5,8,12-13,19-20H,6-7,17H2,1-3H3,(H,18,21). The highest BCUT2D eigenvalue weighted by Gasteiger charge is 2.21. The molecule has 5 N–H and O–H groups in total. The Morgan fingerprint density at radius 1 is 1.41 bits per heavy atom. The molecule has 2 unspecified atom stereocenters. The number of hydrogen-bond donors (Lipinski definition) is 4. The lowest BCUT2D eigenvalue weighted by molar-refractivity contribution is 0.0127. The number of carbonyl (C=O) groups excluding carboxylic acids is 1. The maximum Gasteiger partial charge on any atom is 0.407 e. The highest BCUT2D eigenvalue weighted by molar-refractivity contribution is 6.30. The summed E-state index contributed by atoms with van der Waals surface area (Å²) in [5.74, 6) is 0. The van der Waals surface area contributed by atoms with E-state index in [-0.39, 0.29) is 13.0 Å². The van der Waals surface area contributed by atoms with Gasteiger partial charge in [0.2, 0.25) is 0 Å². The van der Waals surface area contributed by atoms with Crippen LogP contribution in [0.25, 0.3) is 0 Å². The lowest BCUT2D eigenvalue weighted by Gasteiger charge is -2.22. The van der Waals surface area contributed by atoms with Crippen molar-refractivity contribution in [1.82, 2.24) is 5.32 Å². The van der Waals surface area contributed by atoms with Gasteiger partial charge in [-0.25, -0.2) is 4.79 Å². The summed E-state index contributed by atoms with van der Waals surface area (Å²) < 4.78 is 5.07. The molecule has 0 fully saturated rings. The molecule has 0 aliphatic carbocycles. The second kappa shape index (κ2) is 7.67. The van der Waals surface area contributed by atoms with Gasteiger partial charge in [-0.1, -0.05) is 17.7 Å². The predicted molar refractivity (Wildman–Crippen MR) is 85.7 cm³/mol. The number of alkyl carbamates (subject to hydrolysis) is 1. The molecular formula is C15H23ClN2O4. The molecule has 0 aliphatic heterocycles. The average Bonchev–Trinajstić information content (AvgIpc) is 2.35. The molecule has 1 rings (SSSR count). The molecule has 1 amide bonds. The second-order valence-electron chi connectivity index (χ2n) is 6.00. The minimum absolute atomic E-state index is 0.155. The maximum absolute atomic E-state index is 11.5. The Morgan fingerprint density at radius 3 is 2.59 bits per heavy atom. The SMILES string of the molecule is CC(C)(C)OC(=O)NCCC(O)C(O)c1ccc(Cl)cc1N. The van der Waals surface area contributed by atoms with Gasteiger partial charge >= 0.3 is 6.09 Å².